The van der Waals surface area contributed by atoms with Crippen molar-refractivity contribution in [3.8, 4) is 5.75 Å². The first kappa shape index (κ1) is 19.6. The molecule has 0 aromatic heterocycles. The fraction of sp³-hybridized carbons (Fsp3) is 0.562. The molecule has 0 bridgehead atoms. The Hall–Kier alpha value is -1.40. The minimum atomic E-state index is -2.85. The fourth-order valence-corrected chi connectivity index (χ4v) is 2.53. The van der Waals surface area contributed by atoms with Crippen LogP contribution in [0.1, 0.15) is 31.2 Å². The second-order valence-electron chi connectivity index (χ2n) is 5.41. The third kappa shape index (κ3) is 5.95. The summed E-state index contributed by atoms with van der Waals surface area (Å²) in [4.78, 5) is 12.0. The van der Waals surface area contributed by atoms with E-state index in [1.54, 1.807) is 18.2 Å². The largest absolute Gasteiger partial charge is 0.435 e. The molecule has 2 unspecified atom stereocenters. The van der Waals surface area contributed by atoms with E-state index in [0.29, 0.717) is 18.5 Å². The zero-order valence-electron chi connectivity index (χ0n) is 13.1. The van der Waals surface area contributed by atoms with E-state index in [4.69, 9.17) is 0 Å². The van der Waals surface area contributed by atoms with Gasteiger partial charge in [0.15, 0.2) is 0 Å². The van der Waals surface area contributed by atoms with Gasteiger partial charge in [0.05, 0.1) is 0 Å². The minimum Gasteiger partial charge on any atom is -0.435 e. The molecule has 2 atom stereocenters. The monoisotopic (exact) mass is 348 g/mol. The lowest BCUT2D eigenvalue weighted by molar-refractivity contribution is -0.122. The summed E-state index contributed by atoms with van der Waals surface area (Å²) < 4.78 is 29.3. The number of halogens is 3. The summed E-state index contributed by atoms with van der Waals surface area (Å²) in [5.41, 5.74) is 0.687. The molecular formula is C16H23ClF2N2O2. The number of alkyl halides is 2. The van der Waals surface area contributed by atoms with E-state index in [1.807, 2.05) is 0 Å². The summed E-state index contributed by atoms with van der Waals surface area (Å²) in [7, 11) is 0. The van der Waals surface area contributed by atoms with Crippen LogP contribution in [-0.4, -0.2) is 32.2 Å². The van der Waals surface area contributed by atoms with Gasteiger partial charge < -0.3 is 15.4 Å². The lowest BCUT2D eigenvalue weighted by Crippen LogP contribution is -2.33. The number of amides is 1. The van der Waals surface area contributed by atoms with Crippen molar-refractivity contribution in [3.05, 3.63) is 29.8 Å². The lowest BCUT2D eigenvalue weighted by atomic mass is 10.1. The van der Waals surface area contributed by atoms with E-state index < -0.39 is 6.61 Å². The quantitative estimate of drug-likeness (QED) is 0.675. The van der Waals surface area contributed by atoms with Crippen LogP contribution < -0.4 is 15.4 Å². The van der Waals surface area contributed by atoms with Gasteiger partial charge in [0.2, 0.25) is 5.91 Å². The summed E-state index contributed by atoms with van der Waals surface area (Å²) in [6.07, 6.45) is 1.73. The Balaban J connectivity index is 0.00000264. The molecule has 2 N–H and O–H groups in total. The Morgan fingerprint density at radius 3 is 2.74 bits per heavy atom. The normalized spacial score (nSPS) is 19.1. The third-order valence-corrected chi connectivity index (χ3v) is 3.69. The van der Waals surface area contributed by atoms with Crippen LogP contribution in [-0.2, 0) is 4.79 Å². The van der Waals surface area contributed by atoms with Gasteiger partial charge in [-0.05, 0) is 36.9 Å². The smallest absolute Gasteiger partial charge is 0.387 e. The molecule has 2 rings (SSSR count). The maximum Gasteiger partial charge on any atom is 0.387 e. The lowest BCUT2D eigenvalue weighted by Gasteiger charge is -2.10. The molecule has 1 fully saturated rings. The first-order valence-corrected chi connectivity index (χ1v) is 7.65. The van der Waals surface area contributed by atoms with Crippen LogP contribution >= 0.6 is 12.4 Å². The van der Waals surface area contributed by atoms with Crippen LogP contribution in [0.25, 0.3) is 0 Å². The second kappa shape index (κ2) is 9.67. The Morgan fingerprint density at radius 2 is 2.04 bits per heavy atom. The molecule has 0 radical (unpaired) electrons. The predicted octanol–water partition coefficient (Wildman–Crippen LogP) is 2.93. The molecule has 0 heterocycles. The molecule has 1 aliphatic carbocycles. The van der Waals surface area contributed by atoms with Crippen molar-refractivity contribution in [1.82, 2.24) is 10.6 Å². The highest BCUT2D eigenvalue weighted by atomic mass is 35.5. The van der Waals surface area contributed by atoms with Crippen molar-refractivity contribution in [2.45, 2.75) is 32.3 Å². The van der Waals surface area contributed by atoms with Crippen LogP contribution in [0, 0.1) is 5.92 Å². The highest BCUT2D eigenvalue weighted by Crippen LogP contribution is 2.50. The second-order valence-corrected chi connectivity index (χ2v) is 5.41. The molecule has 23 heavy (non-hydrogen) atoms. The molecule has 4 nitrogen and oxygen atoms in total. The minimum absolute atomic E-state index is 0. The summed E-state index contributed by atoms with van der Waals surface area (Å²) >= 11 is 0. The van der Waals surface area contributed by atoms with Crippen molar-refractivity contribution in [2.24, 2.45) is 5.92 Å². The molecule has 0 spiro atoms. The fourth-order valence-electron chi connectivity index (χ4n) is 2.53. The van der Waals surface area contributed by atoms with Crippen LogP contribution in [0.15, 0.2) is 24.3 Å². The Bertz CT molecular complexity index is 503. The van der Waals surface area contributed by atoms with Crippen LogP contribution in [0.4, 0.5) is 8.78 Å². The third-order valence-electron chi connectivity index (χ3n) is 3.69. The van der Waals surface area contributed by atoms with Crippen LogP contribution in [0.5, 0.6) is 5.75 Å². The number of hydrogen-bond acceptors (Lipinski definition) is 3. The predicted molar refractivity (Wildman–Crippen MR) is 87.3 cm³/mol. The molecule has 130 valence electrons. The van der Waals surface area contributed by atoms with Gasteiger partial charge in [-0.2, -0.15) is 8.78 Å². The topological polar surface area (TPSA) is 50.4 Å². The maximum atomic E-state index is 12.4. The number of nitrogens with one attached hydrogen (secondary N) is 2. The van der Waals surface area contributed by atoms with E-state index in [9.17, 15) is 13.6 Å². The van der Waals surface area contributed by atoms with E-state index in [2.05, 4.69) is 22.3 Å². The first-order chi connectivity index (χ1) is 10.6. The van der Waals surface area contributed by atoms with Gasteiger partial charge in [0, 0.05) is 19.0 Å². The molecule has 1 saturated carbocycles. The molecule has 0 aliphatic heterocycles. The van der Waals surface area contributed by atoms with Crippen molar-refractivity contribution in [3.63, 3.8) is 0 Å². The van der Waals surface area contributed by atoms with Gasteiger partial charge >= 0.3 is 6.61 Å². The van der Waals surface area contributed by atoms with E-state index in [0.717, 1.165) is 19.5 Å². The van der Waals surface area contributed by atoms with Crippen LogP contribution in [0.2, 0.25) is 0 Å². The SMILES string of the molecule is CCCNCCNC(=O)C1CC1c1ccccc1OC(F)F.Cl. The first-order valence-electron chi connectivity index (χ1n) is 7.65. The van der Waals surface area contributed by atoms with E-state index in [-0.39, 0.29) is 35.9 Å². The molecule has 7 heteroatoms. The number of para-hydroxylation sites is 1. The van der Waals surface area contributed by atoms with Crippen molar-refractivity contribution in [1.29, 1.82) is 0 Å². The van der Waals surface area contributed by atoms with Gasteiger partial charge in [0.25, 0.3) is 0 Å². The van der Waals surface area contributed by atoms with Gasteiger partial charge in [-0.3, -0.25) is 4.79 Å². The standard InChI is InChI=1S/C16H22F2N2O2.ClH/c1-2-7-19-8-9-20-15(21)13-10-12(13)11-5-3-4-6-14(11)22-16(17)18;/h3-6,12-13,16,19H,2,7-10H2,1H3,(H,20,21);1H. The highest BCUT2D eigenvalue weighted by Gasteiger charge is 2.45. The van der Waals surface area contributed by atoms with E-state index in [1.165, 1.54) is 6.07 Å². The zero-order valence-corrected chi connectivity index (χ0v) is 13.9. The molecule has 1 aromatic rings. The molecular weight excluding hydrogens is 326 g/mol. The Labute approximate surface area is 141 Å². The van der Waals surface area contributed by atoms with Crippen molar-refractivity contribution in [2.75, 3.05) is 19.6 Å². The molecule has 1 amide bonds. The number of benzene rings is 1. The van der Waals surface area contributed by atoms with Gasteiger partial charge in [-0.15, -0.1) is 12.4 Å². The van der Waals surface area contributed by atoms with Crippen molar-refractivity contribution < 1.29 is 18.3 Å². The summed E-state index contributed by atoms with van der Waals surface area (Å²) in [5.74, 6) is -0.0234. The number of rotatable bonds is 9. The van der Waals surface area contributed by atoms with Gasteiger partial charge in [0.1, 0.15) is 5.75 Å². The number of carbonyl (C=O) groups is 1. The average Bonchev–Trinajstić information content (AvgIpc) is 3.27. The zero-order chi connectivity index (χ0) is 15.9. The molecule has 0 saturated heterocycles. The van der Waals surface area contributed by atoms with Crippen LogP contribution in [0.3, 0.4) is 0 Å². The number of carbonyl (C=O) groups excluding carboxylic acids is 1. The Morgan fingerprint density at radius 1 is 1.30 bits per heavy atom. The highest BCUT2D eigenvalue weighted by molar-refractivity contribution is 5.85. The van der Waals surface area contributed by atoms with E-state index >= 15 is 0 Å². The summed E-state index contributed by atoms with van der Waals surface area (Å²) in [6.45, 7) is 1.48. The molecule has 1 aliphatic rings. The average molecular weight is 349 g/mol. The maximum absolute atomic E-state index is 12.4. The van der Waals surface area contributed by atoms with Gasteiger partial charge in [-0.1, -0.05) is 25.1 Å². The summed E-state index contributed by atoms with van der Waals surface area (Å²) in [5, 5.41) is 6.08. The molecule has 1 aromatic carbocycles. The van der Waals surface area contributed by atoms with Gasteiger partial charge in [-0.25, -0.2) is 0 Å². The summed E-state index contributed by atoms with van der Waals surface area (Å²) in [6, 6.07) is 6.69. The Kier molecular flexibility index (Phi) is 8.26. The van der Waals surface area contributed by atoms with Crippen molar-refractivity contribution >= 4 is 18.3 Å². The number of ether oxygens (including phenoxy) is 1. The number of hydrogen-bond donors (Lipinski definition) is 2.